The average molecular weight is 270 g/mol. The Labute approximate surface area is 117 Å². The highest BCUT2D eigenvalue weighted by Gasteiger charge is 2.46. The predicted octanol–water partition coefficient (Wildman–Crippen LogP) is 5.09. The van der Waals surface area contributed by atoms with Gasteiger partial charge >= 0.3 is 0 Å². The molecule has 0 radical (unpaired) electrons. The highest BCUT2D eigenvalue weighted by atomic mass is 17.3. The van der Waals surface area contributed by atoms with E-state index in [1.54, 1.807) is 0 Å². The summed E-state index contributed by atoms with van der Waals surface area (Å²) in [4.78, 5) is 11.0. The maximum atomic E-state index is 6.07. The SMILES string of the molecule is C[C@]12CCCCCCCCCCCC[C@@](C)(OO1)O2. The zero-order valence-electron chi connectivity index (χ0n) is 12.7. The number of fused-ring (bicyclic) bond motifs is 2. The van der Waals surface area contributed by atoms with E-state index in [2.05, 4.69) is 0 Å². The van der Waals surface area contributed by atoms with Crippen molar-refractivity contribution in [3.8, 4) is 0 Å². The first-order chi connectivity index (χ1) is 9.12. The smallest absolute Gasteiger partial charge is 0.202 e. The molecule has 0 amide bonds. The monoisotopic (exact) mass is 270 g/mol. The maximum absolute atomic E-state index is 6.07. The Hall–Kier alpha value is -0.120. The van der Waals surface area contributed by atoms with E-state index < -0.39 is 11.6 Å². The largest absolute Gasteiger partial charge is 0.313 e. The van der Waals surface area contributed by atoms with Gasteiger partial charge in [0.05, 0.1) is 0 Å². The van der Waals surface area contributed by atoms with Gasteiger partial charge in [-0.2, -0.15) is 9.78 Å². The van der Waals surface area contributed by atoms with Crippen molar-refractivity contribution in [1.82, 2.24) is 0 Å². The molecule has 0 aromatic heterocycles. The topological polar surface area (TPSA) is 27.7 Å². The Morgan fingerprint density at radius 3 is 1.21 bits per heavy atom. The molecule has 0 saturated carbocycles. The third-order valence-electron chi connectivity index (χ3n) is 4.34. The molecule has 0 aromatic rings. The standard InChI is InChI=1S/C16H30O3/c1-15-13-11-9-7-5-3-4-6-8-10-12-14-16(2,17-15)19-18-15/h3-14H2,1-2H3/t15-,16-/m1/s1. The van der Waals surface area contributed by atoms with E-state index in [1.807, 2.05) is 13.8 Å². The van der Waals surface area contributed by atoms with Gasteiger partial charge < -0.3 is 4.74 Å². The van der Waals surface area contributed by atoms with Gasteiger partial charge in [-0.15, -0.1) is 0 Å². The van der Waals surface area contributed by atoms with Crippen LogP contribution >= 0.6 is 0 Å². The van der Waals surface area contributed by atoms with Crippen LogP contribution in [0.15, 0.2) is 0 Å². The first-order valence-electron chi connectivity index (χ1n) is 8.19. The molecule has 3 heteroatoms. The van der Waals surface area contributed by atoms with E-state index in [9.17, 15) is 0 Å². The summed E-state index contributed by atoms with van der Waals surface area (Å²) in [5.41, 5.74) is 0. The van der Waals surface area contributed by atoms with E-state index in [4.69, 9.17) is 14.5 Å². The van der Waals surface area contributed by atoms with Crippen molar-refractivity contribution in [2.45, 2.75) is 102 Å². The van der Waals surface area contributed by atoms with Gasteiger partial charge in [-0.3, -0.25) is 0 Å². The highest BCUT2D eigenvalue weighted by molar-refractivity contribution is 4.74. The zero-order valence-corrected chi connectivity index (χ0v) is 12.7. The number of hydrogen-bond donors (Lipinski definition) is 0. The molecular formula is C16H30O3. The van der Waals surface area contributed by atoms with E-state index >= 15 is 0 Å². The highest BCUT2D eigenvalue weighted by Crippen LogP contribution is 2.39. The molecular weight excluding hydrogens is 240 g/mol. The summed E-state index contributed by atoms with van der Waals surface area (Å²) in [6.45, 7) is 4.02. The third kappa shape index (κ3) is 5.05. The molecule has 3 nitrogen and oxygen atoms in total. The first-order valence-corrected chi connectivity index (χ1v) is 8.19. The van der Waals surface area contributed by atoms with E-state index in [0.29, 0.717) is 0 Å². The lowest BCUT2D eigenvalue weighted by atomic mass is 10.0. The van der Waals surface area contributed by atoms with Crippen molar-refractivity contribution in [2.75, 3.05) is 0 Å². The van der Waals surface area contributed by atoms with Crippen LogP contribution < -0.4 is 0 Å². The van der Waals surface area contributed by atoms with Crippen LogP contribution in [0.25, 0.3) is 0 Å². The minimum Gasteiger partial charge on any atom is -0.313 e. The second kappa shape index (κ2) is 7.05. The summed E-state index contributed by atoms with van der Waals surface area (Å²) < 4.78 is 6.07. The Bertz CT molecular complexity index is 243. The zero-order chi connectivity index (χ0) is 13.6. The molecule has 112 valence electrons. The van der Waals surface area contributed by atoms with E-state index in [1.165, 1.54) is 51.4 Å². The summed E-state index contributed by atoms with van der Waals surface area (Å²) >= 11 is 0. The molecule has 2 aliphatic rings. The number of rotatable bonds is 0. The van der Waals surface area contributed by atoms with Crippen LogP contribution in [0.2, 0.25) is 0 Å². The van der Waals surface area contributed by atoms with Crippen molar-refractivity contribution in [1.29, 1.82) is 0 Å². The summed E-state index contributed by atoms with van der Waals surface area (Å²) in [6.07, 6.45) is 15.0. The molecule has 2 aliphatic heterocycles. The van der Waals surface area contributed by atoms with Crippen LogP contribution in [0.4, 0.5) is 0 Å². The van der Waals surface area contributed by atoms with Crippen LogP contribution in [0.1, 0.15) is 90.9 Å². The average Bonchev–Trinajstić information content (AvgIpc) is 2.66. The minimum absolute atomic E-state index is 0.533. The second-order valence-electron chi connectivity index (χ2n) is 6.57. The summed E-state index contributed by atoms with van der Waals surface area (Å²) in [5.74, 6) is -1.07. The quantitative estimate of drug-likeness (QED) is 0.574. The molecule has 2 saturated heterocycles. The van der Waals surface area contributed by atoms with Crippen LogP contribution in [-0.4, -0.2) is 11.6 Å². The van der Waals surface area contributed by atoms with Gasteiger partial charge in [0.25, 0.3) is 0 Å². The molecule has 0 spiro atoms. The fourth-order valence-electron chi connectivity index (χ4n) is 3.16. The predicted molar refractivity (Wildman–Crippen MR) is 75.5 cm³/mol. The van der Waals surface area contributed by atoms with Crippen LogP contribution in [-0.2, 0) is 14.5 Å². The van der Waals surface area contributed by atoms with Crippen molar-refractivity contribution in [3.63, 3.8) is 0 Å². The molecule has 2 bridgehead atoms. The van der Waals surface area contributed by atoms with Gasteiger partial charge in [-0.25, -0.2) is 0 Å². The third-order valence-corrected chi connectivity index (χ3v) is 4.34. The van der Waals surface area contributed by atoms with Gasteiger partial charge in [0.15, 0.2) is 0 Å². The molecule has 2 atom stereocenters. The van der Waals surface area contributed by atoms with Crippen LogP contribution in [0.5, 0.6) is 0 Å². The van der Waals surface area contributed by atoms with E-state index in [-0.39, 0.29) is 0 Å². The first kappa shape index (κ1) is 15.3. The summed E-state index contributed by atoms with van der Waals surface area (Å²) in [7, 11) is 0. The lowest BCUT2D eigenvalue weighted by molar-refractivity contribution is -0.346. The lowest BCUT2D eigenvalue weighted by Gasteiger charge is -2.24. The van der Waals surface area contributed by atoms with E-state index in [0.717, 1.165) is 25.7 Å². The van der Waals surface area contributed by atoms with Gasteiger partial charge in [-0.1, -0.05) is 51.4 Å². The van der Waals surface area contributed by atoms with Crippen molar-refractivity contribution < 1.29 is 14.5 Å². The van der Waals surface area contributed by atoms with Crippen LogP contribution in [0, 0.1) is 0 Å². The summed E-state index contributed by atoms with van der Waals surface area (Å²) in [5, 5.41) is 0. The maximum Gasteiger partial charge on any atom is 0.202 e. The van der Waals surface area contributed by atoms with Crippen LogP contribution in [0.3, 0.4) is 0 Å². The van der Waals surface area contributed by atoms with Gasteiger partial charge in [0.2, 0.25) is 11.6 Å². The molecule has 2 rings (SSSR count). The van der Waals surface area contributed by atoms with Gasteiger partial charge in [0.1, 0.15) is 0 Å². The lowest BCUT2D eigenvalue weighted by Crippen LogP contribution is -2.32. The molecule has 2 fully saturated rings. The van der Waals surface area contributed by atoms with Crippen molar-refractivity contribution >= 4 is 0 Å². The minimum atomic E-state index is -0.533. The second-order valence-corrected chi connectivity index (χ2v) is 6.57. The van der Waals surface area contributed by atoms with Gasteiger partial charge in [-0.05, 0) is 26.7 Å². The normalized spacial score (nSPS) is 39.5. The van der Waals surface area contributed by atoms with Crippen molar-refractivity contribution in [3.05, 3.63) is 0 Å². The number of ether oxygens (including phenoxy) is 1. The molecule has 0 aliphatic carbocycles. The Morgan fingerprint density at radius 1 is 0.526 bits per heavy atom. The Kier molecular flexibility index (Phi) is 5.67. The Balaban J connectivity index is 1.85. The van der Waals surface area contributed by atoms with Gasteiger partial charge in [0, 0.05) is 12.8 Å². The number of hydrogen-bond acceptors (Lipinski definition) is 3. The fourth-order valence-corrected chi connectivity index (χ4v) is 3.16. The van der Waals surface area contributed by atoms with Crippen molar-refractivity contribution in [2.24, 2.45) is 0 Å². The molecule has 19 heavy (non-hydrogen) atoms. The Morgan fingerprint density at radius 2 is 0.842 bits per heavy atom. The molecule has 2 heterocycles. The summed E-state index contributed by atoms with van der Waals surface area (Å²) in [6, 6.07) is 0. The molecule has 0 aromatic carbocycles. The molecule has 0 N–H and O–H groups in total. The molecule has 0 unspecified atom stereocenters. The fraction of sp³-hybridized carbons (Fsp3) is 1.00.